The van der Waals surface area contributed by atoms with E-state index in [1.54, 1.807) is 0 Å². The van der Waals surface area contributed by atoms with Gasteiger partial charge in [0.1, 0.15) is 5.75 Å². The van der Waals surface area contributed by atoms with Crippen molar-refractivity contribution in [1.82, 2.24) is 0 Å². The molecule has 0 unspecified atom stereocenters. The van der Waals surface area contributed by atoms with Gasteiger partial charge in [-0.15, -0.1) is 0 Å². The van der Waals surface area contributed by atoms with Crippen molar-refractivity contribution in [2.45, 2.75) is 46.5 Å². The summed E-state index contributed by atoms with van der Waals surface area (Å²) < 4.78 is 5.76. The van der Waals surface area contributed by atoms with Gasteiger partial charge < -0.3 is 10.1 Å². The number of anilines is 1. The highest BCUT2D eigenvalue weighted by molar-refractivity contribution is 6.31. The van der Waals surface area contributed by atoms with Gasteiger partial charge in [0.25, 0.3) is 0 Å². The Kier molecular flexibility index (Phi) is 6.89. The van der Waals surface area contributed by atoms with E-state index >= 15 is 0 Å². The molecule has 3 nitrogen and oxygen atoms in total. The highest BCUT2D eigenvalue weighted by Crippen LogP contribution is 2.24. The van der Waals surface area contributed by atoms with Gasteiger partial charge in [-0.05, 0) is 67.1 Å². The second kappa shape index (κ2) is 8.91. The molecule has 0 aliphatic carbocycles. The van der Waals surface area contributed by atoms with Crippen LogP contribution in [0.5, 0.6) is 5.75 Å². The highest BCUT2D eigenvalue weighted by Gasteiger charge is 2.08. The zero-order valence-corrected chi connectivity index (χ0v) is 16.1. The van der Waals surface area contributed by atoms with Crippen molar-refractivity contribution >= 4 is 23.2 Å². The minimum atomic E-state index is -0.0275. The summed E-state index contributed by atoms with van der Waals surface area (Å²) in [7, 11) is 0. The molecular formula is C21H26ClNO2. The Labute approximate surface area is 155 Å². The molecule has 0 heterocycles. The van der Waals surface area contributed by atoms with Crippen LogP contribution in [-0.2, 0) is 4.79 Å². The number of nitrogens with one attached hydrogen (secondary N) is 1. The lowest BCUT2D eigenvalue weighted by atomic mass is 9.98. The van der Waals surface area contributed by atoms with E-state index in [2.05, 4.69) is 38.2 Å². The van der Waals surface area contributed by atoms with E-state index in [1.807, 2.05) is 31.2 Å². The van der Waals surface area contributed by atoms with Gasteiger partial charge in [-0.3, -0.25) is 4.79 Å². The van der Waals surface area contributed by atoms with Gasteiger partial charge >= 0.3 is 0 Å². The summed E-state index contributed by atoms with van der Waals surface area (Å²) in [5.74, 6) is 1.33. The largest absolute Gasteiger partial charge is 0.494 e. The van der Waals surface area contributed by atoms with Crippen molar-refractivity contribution in [2.75, 3.05) is 11.9 Å². The average molecular weight is 360 g/mol. The maximum Gasteiger partial charge on any atom is 0.224 e. The molecule has 0 aliphatic heterocycles. The number of hydrogen-bond donors (Lipinski definition) is 1. The first-order valence-corrected chi connectivity index (χ1v) is 9.04. The first kappa shape index (κ1) is 19.3. The Balaban J connectivity index is 1.78. The van der Waals surface area contributed by atoms with Crippen LogP contribution in [0.25, 0.3) is 0 Å². The van der Waals surface area contributed by atoms with E-state index < -0.39 is 0 Å². The first-order chi connectivity index (χ1) is 11.9. The minimum absolute atomic E-state index is 0.0275. The van der Waals surface area contributed by atoms with Crippen LogP contribution < -0.4 is 10.1 Å². The Morgan fingerprint density at radius 2 is 1.96 bits per heavy atom. The maximum atomic E-state index is 12.1. The number of benzene rings is 2. The van der Waals surface area contributed by atoms with Gasteiger partial charge in [0.05, 0.1) is 6.61 Å². The van der Waals surface area contributed by atoms with Crippen molar-refractivity contribution in [2.24, 2.45) is 0 Å². The second-order valence-electron chi connectivity index (χ2n) is 6.59. The number of carbonyl (C=O) groups excluding carboxylic acids is 1. The Morgan fingerprint density at radius 3 is 2.64 bits per heavy atom. The predicted molar refractivity (Wildman–Crippen MR) is 105 cm³/mol. The molecule has 0 radical (unpaired) electrons. The third-order valence-electron chi connectivity index (χ3n) is 4.22. The summed E-state index contributed by atoms with van der Waals surface area (Å²) in [5, 5.41) is 3.55. The van der Waals surface area contributed by atoms with E-state index in [0.29, 0.717) is 30.4 Å². The van der Waals surface area contributed by atoms with Gasteiger partial charge in [-0.2, -0.15) is 0 Å². The van der Waals surface area contributed by atoms with E-state index in [1.165, 1.54) is 11.1 Å². The zero-order chi connectivity index (χ0) is 18.4. The lowest BCUT2D eigenvalue weighted by Crippen LogP contribution is -2.13. The van der Waals surface area contributed by atoms with Crippen LogP contribution in [0.2, 0.25) is 5.02 Å². The lowest BCUT2D eigenvalue weighted by molar-refractivity contribution is -0.116. The van der Waals surface area contributed by atoms with Crippen molar-refractivity contribution < 1.29 is 9.53 Å². The Bertz CT molecular complexity index is 741. The lowest BCUT2D eigenvalue weighted by Gasteiger charge is -2.13. The van der Waals surface area contributed by atoms with Crippen LogP contribution in [0.3, 0.4) is 0 Å². The van der Waals surface area contributed by atoms with Crippen LogP contribution in [0.15, 0.2) is 36.4 Å². The summed E-state index contributed by atoms with van der Waals surface area (Å²) in [6.45, 7) is 8.88. The Morgan fingerprint density at radius 1 is 1.20 bits per heavy atom. The molecule has 2 aromatic carbocycles. The van der Waals surface area contributed by atoms with Gasteiger partial charge in [0.2, 0.25) is 5.91 Å². The standard InChI is InChI=1S/C21H26ClNO2/c1-14(2)18-11-10-17(13-15(18)3)25-12-6-9-21(24)23-20-8-5-7-19(22)16(20)4/h5,7-8,10-11,13-14H,6,9,12H2,1-4H3,(H,23,24). The number of rotatable bonds is 7. The van der Waals surface area contributed by atoms with Crippen LogP contribution in [0, 0.1) is 13.8 Å². The summed E-state index contributed by atoms with van der Waals surface area (Å²) in [6, 6.07) is 11.7. The molecule has 0 fully saturated rings. The summed E-state index contributed by atoms with van der Waals surface area (Å²) in [6.07, 6.45) is 1.07. The smallest absolute Gasteiger partial charge is 0.224 e. The fourth-order valence-electron chi connectivity index (χ4n) is 2.76. The molecule has 25 heavy (non-hydrogen) atoms. The average Bonchev–Trinajstić information content (AvgIpc) is 2.55. The molecule has 1 N–H and O–H groups in total. The molecule has 1 amide bonds. The summed E-state index contributed by atoms with van der Waals surface area (Å²) in [4.78, 5) is 12.1. The number of amides is 1. The van der Waals surface area contributed by atoms with E-state index in [4.69, 9.17) is 16.3 Å². The van der Waals surface area contributed by atoms with Gasteiger partial charge in [0.15, 0.2) is 0 Å². The molecule has 0 atom stereocenters. The molecule has 0 aromatic heterocycles. The normalized spacial score (nSPS) is 10.8. The van der Waals surface area contributed by atoms with Gasteiger partial charge in [0, 0.05) is 17.1 Å². The number of hydrogen-bond acceptors (Lipinski definition) is 2. The number of halogens is 1. The molecule has 2 rings (SSSR count). The fourth-order valence-corrected chi connectivity index (χ4v) is 2.94. The molecule has 0 aliphatic rings. The summed E-state index contributed by atoms with van der Waals surface area (Å²) in [5.41, 5.74) is 4.22. The topological polar surface area (TPSA) is 38.3 Å². The van der Waals surface area contributed by atoms with Crippen LogP contribution in [0.4, 0.5) is 5.69 Å². The van der Waals surface area contributed by atoms with E-state index in [-0.39, 0.29) is 5.91 Å². The van der Waals surface area contributed by atoms with Gasteiger partial charge in [-0.25, -0.2) is 0 Å². The van der Waals surface area contributed by atoms with Crippen molar-refractivity contribution in [3.8, 4) is 5.75 Å². The second-order valence-corrected chi connectivity index (χ2v) is 6.99. The fraction of sp³-hybridized carbons (Fsp3) is 0.381. The molecule has 0 saturated heterocycles. The molecule has 2 aromatic rings. The molecule has 0 spiro atoms. The van der Waals surface area contributed by atoms with Crippen molar-refractivity contribution in [3.05, 3.63) is 58.1 Å². The van der Waals surface area contributed by atoms with Gasteiger partial charge in [-0.1, -0.05) is 37.6 Å². The monoisotopic (exact) mass is 359 g/mol. The van der Waals surface area contributed by atoms with E-state index in [0.717, 1.165) is 17.0 Å². The van der Waals surface area contributed by atoms with Crippen LogP contribution in [0.1, 0.15) is 49.3 Å². The van der Waals surface area contributed by atoms with Crippen LogP contribution >= 0.6 is 11.6 Å². The maximum absolute atomic E-state index is 12.1. The quantitative estimate of drug-likeness (QED) is 0.627. The number of ether oxygens (including phenoxy) is 1. The Hall–Kier alpha value is -2.00. The zero-order valence-electron chi connectivity index (χ0n) is 15.4. The third kappa shape index (κ3) is 5.50. The summed E-state index contributed by atoms with van der Waals surface area (Å²) >= 11 is 6.06. The van der Waals surface area contributed by atoms with Crippen molar-refractivity contribution in [3.63, 3.8) is 0 Å². The predicted octanol–water partition coefficient (Wildman–Crippen LogP) is 5.88. The third-order valence-corrected chi connectivity index (χ3v) is 4.63. The molecule has 0 bridgehead atoms. The van der Waals surface area contributed by atoms with E-state index in [9.17, 15) is 4.79 Å². The first-order valence-electron chi connectivity index (χ1n) is 8.66. The van der Waals surface area contributed by atoms with Crippen LogP contribution in [-0.4, -0.2) is 12.5 Å². The van der Waals surface area contributed by atoms with Crippen molar-refractivity contribution in [1.29, 1.82) is 0 Å². The molecule has 134 valence electrons. The molecular weight excluding hydrogens is 334 g/mol. The molecule has 4 heteroatoms. The number of aryl methyl sites for hydroxylation is 1. The number of carbonyl (C=O) groups is 1. The SMILES string of the molecule is Cc1cc(OCCCC(=O)Nc2cccc(Cl)c2C)ccc1C(C)C. The highest BCUT2D eigenvalue weighted by atomic mass is 35.5. The minimum Gasteiger partial charge on any atom is -0.494 e. The molecule has 0 saturated carbocycles.